The number of fused-ring (bicyclic) bond motifs is 2. The highest BCUT2D eigenvalue weighted by molar-refractivity contribution is 6.05. The lowest BCUT2D eigenvalue weighted by molar-refractivity contribution is -0.140. The molecule has 0 aromatic heterocycles. The maximum Gasteiger partial charge on any atom is 0.233 e. The number of benzene rings is 1. The Morgan fingerprint density at radius 1 is 1.11 bits per heavy atom. The molecule has 27 heavy (non-hydrogen) atoms. The van der Waals surface area contributed by atoms with Crippen LogP contribution in [0.5, 0.6) is 0 Å². The van der Waals surface area contributed by atoms with Gasteiger partial charge in [0, 0.05) is 13.0 Å². The summed E-state index contributed by atoms with van der Waals surface area (Å²) in [4.78, 5) is 38.6. The van der Waals surface area contributed by atoms with Crippen molar-refractivity contribution in [3.63, 3.8) is 0 Å². The van der Waals surface area contributed by atoms with Crippen molar-refractivity contribution in [3.8, 4) is 0 Å². The van der Waals surface area contributed by atoms with E-state index in [0.29, 0.717) is 12.8 Å². The second kappa shape index (κ2) is 7.29. The van der Waals surface area contributed by atoms with Crippen LogP contribution < -0.4 is 5.32 Å². The Kier molecular flexibility index (Phi) is 4.85. The van der Waals surface area contributed by atoms with E-state index in [-0.39, 0.29) is 48.6 Å². The molecule has 3 amide bonds. The fourth-order valence-electron chi connectivity index (χ4n) is 4.56. The first-order chi connectivity index (χ1) is 13.0. The number of hydrogen-bond donors (Lipinski definition) is 1. The van der Waals surface area contributed by atoms with Gasteiger partial charge in [0.1, 0.15) is 0 Å². The van der Waals surface area contributed by atoms with Gasteiger partial charge in [0.15, 0.2) is 0 Å². The van der Waals surface area contributed by atoms with Crippen molar-refractivity contribution in [2.24, 2.45) is 11.8 Å². The van der Waals surface area contributed by atoms with Crippen LogP contribution in [0, 0.1) is 11.8 Å². The summed E-state index contributed by atoms with van der Waals surface area (Å²) in [5.74, 6) is -0.814. The summed E-state index contributed by atoms with van der Waals surface area (Å²) < 4.78 is 0. The highest BCUT2D eigenvalue weighted by atomic mass is 16.2. The van der Waals surface area contributed by atoms with Crippen LogP contribution in [0.1, 0.15) is 55.3 Å². The predicted molar refractivity (Wildman–Crippen MR) is 102 cm³/mol. The molecular formula is C22H26N2O3. The van der Waals surface area contributed by atoms with E-state index < -0.39 is 0 Å². The predicted octanol–water partition coefficient (Wildman–Crippen LogP) is 2.69. The summed E-state index contributed by atoms with van der Waals surface area (Å²) in [7, 11) is 0. The van der Waals surface area contributed by atoms with Gasteiger partial charge >= 0.3 is 0 Å². The lowest BCUT2D eigenvalue weighted by atomic mass is 9.85. The number of carbonyl (C=O) groups is 3. The molecule has 1 fully saturated rings. The molecule has 1 aromatic rings. The second-order valence-electron chi connectivity index (χ2n) is 7.90. The number of amides is 3. The Balaban J connectivity index is 1.32. The standard InChI is InChI=1S/C22H26N2O3/c1-14(16-10-9-15-5-4-6-17(15)13-16)23-20(25)11-12-24-21(26)18-7-2-3-8-19(18)22(24)27/h2-3,9-10,13-14,18-19H,4-8,11-12H2,1H3,(H,23,25)/t14-,18-,19+/m0/s1. The minimum absolute atomic E-state index is 0.0832. The normalized spacial score (nSPS) is 24.7. The molecule has 4 rings (SSSR count). The number of hydrogen-bond acceptors (Lipinski definition) is 3. The quantitative estimate of drug-likeness (QED) is 0.644. The number of allylic oxidation sites excluding steroid dienone is 2. The van der Waals surface area contributed by atoms with Crippen molar-refractivity contribution >= 4 is 17.7 Å². The van der Waals surface area contributed by atoms with Gasteiger partial charge < -0.3 is 5.32 Å². The average Bonchev–Trinajstić information content (AvgIpc) is 3.23. The van der Waals surface area contributed by atoms with Crippen LogP contribution in [-0.2, 0) is 27.2 Å². The highest BCUT2D eigenvalue weighted by Gasteiger charge is 2.46. The van der Waals surface area contributed by atoms with Gasteiger partial charge in [-0.1, -0.05) is 30.4 Å². The minimum atomic E-state index is -0.226. The summed E-state index contributed by atoms with van der Waals surface area (Å²) in [5, 5.41) is 3.00. The number of rotatable bonds is 5. The van der Waals surface area contributed by atoms with Crippen LogP contribution in [0.3, 0.4) is 0 Å². The maximum absolute atomic E-state index is 12.5. The van der Waals surface area contributed by atoms with E-state index in [1.54, 1.807) is 0 Å². The third-order valence-electron chi connectivity index (χ3n) is 6.16. The number of likely N-dealkylation sites (tertiary alicyclic amines) is 1. The Morgan fingerprint density at radius 3 is 2.48 bits per heavy atom. The molecule has 0 bridgehead atoms. The number of nitrogens with one attached hydrogen (secondary N) is 1. The van der Waals surface area contributed by atoms with Gasteiger partial charge in [-0.05, 0) is 55.7 Å². The van der Waals surface area contributed by atoms with Gasteiger partial charge in [-0.25, -0.2) is 0 Å². The summed E-state index contributed by atoms with van der Waals surface area (Å²) in [6.07, 6.45) is 8.82. The zero-order chi connectivity index (χ0) is 19.0. The number of nitrogens with zero attached hydrogens (tertiary/aromatic N) is 1. The Labute approximate surface area is 159 Å². The molecular weight excluding hydrogens is 340 g/mol. The molecule has 2 aliphatic carbocycles. The molecule has 1 heterocycles. The van der Waals surface area contributed by atoms with Gasteiger partial charge in [0.25, 0.3) is 0 Å². The number of carbonyl (C=O) groups excluding carboxylic acids is 3. The molecule has 1 aromatic carbocycles. The average molecular weight is 366 g/mol. The smallest absolute Gasteiger partial charge is 0.233 e. The van der Waals surface area contributed by atoms with E-state index in [2.05, 4.69) is 23.5 Å². The molecule has 142 valence electrons. The SMILES string of the molecule is C[C@H](NC(=O)CCN1C(=O)[C@H]2CC=CC[C@H]2C1=O)c1ccc2c(c1)CCC2. The largest absolute Gasteiger partial charge is 0.350 e. The van der Waals surface area contributed by atoms with Crippen molar-refractivity contribution < 1.29 is 14.4 Å². The summed E-state index contributed by atoms with van der Waals surface area (Å²) in [6.45, 7) is 2.15. The van der Waals surface area contributed by atoms with E-state index >= 15 is 0 Å². The molecule has 3 atom stereocenters. The first kappa shape index (κ1) is 18.0. The van der Waals surface area contributed by atoms with E-state index in [9.17, 15) is 14.4 Å². The fraction of sp³-hybridized carbons (Fsp3) is 0.500. The monoisotopic (exact) mass is 366 g/mol. The van der Waals surface area contributed by atoms with Crippen molar-refractivity contribution in [1.82, 2.24) is 10.2 Å². The van der Waals surface area contributed by atoms with Crippen LogP contribution >= 0.6 is 0 Å². The maximum atomic E-state index is 12.5. The van der Waals surface area contributed by atoms with Gasteiger partial charge in [-0.3, -0.25) is 19.3 Å². The molecule has 0 spiro atoms. The zero-order valence-corrected chi connectivity index (χ0v) is 15.7. The minimum Gasteiger partial charge on any atom is -0.350 e. The van der Waals surface area contributed by atoms with E-state index in [4.69, 9.17) is 0 Å². The molecule has 3 aliphatic rings. The molecule has 0 unspecified atom stereocenters. The Hall–Kier alpha value is -2.43. The van der Waals surface area contributed by atoms with E-state index in [0.717, 1.165) is 18.4 Å². The van der Waals surface area contributed by atoms with Gasteiger partial charge in [-0.2, -0.15) is 0 Å². The molecule has 1 aliphatic heterocycles. The van der Waals surface area contributed by atoms with Crippen molar-refractivity contribution in [2.45, 2.75) is 51.5 Å². The van der Waals surface area contributed by atoms with Gasteiger partial charge in [-0.15, -0.1) is 0 Å². The zero-order valence-electron chi connectivity index (χ0n) is 15.7. The first-order valence-electron chi connectivity index (χ1n) is 9.96. The topological polar surface area (TPSA) is 66.5 Å². The van der Waals surface area contributed by atoms with Gasteiger partial charge in [0.05, 0.1) is 17.9 Å². The second-order valence-corrected chi connectivity index (χ2v) is 7.90. The lowest BCUT2D eigenvalue weighted by Gasteiger charge is -2.18. The van der Waals surface area contributed by atoms with Crippen molar-refractivity contribution in [1.29, 1.82) is 0 Å². The third kappa shape index (κ3) is 3.43. The molecule has 1 saturated heterocycles. The van der Waals surface area contributed by atoms with Crippen LogP contribution in [-0.4, -0.2) is 29.2 Å². The lowest BCUT2D eigenvalue weighted by Crippen LogP contribution is -2.36. The Morgan fingerprint density at radius 2 is 1.78 bits per heavy atom. The van der Waals surface area contributed by atoms with E-state index in [1.807, 2.05) is 19.1 Å². The molecule has 0 radical (unpaired) electrons. The number of aryl methyl sites for hydroxylation is 2. The van der Waals surface area contributed by atoms with Crippen LogP contribution in [0.4, 0.5) is 0 Å². The van der Waals surface area contributed by atoms with E-state index in [1.165, 1.54) is 22.4 Å². The van der Waals surface area contributed by atoms with Crippen LogP contribution in [0.25, 0.3) is 0 Å². The number of imide groups is 1. The fourth-order valence-corrected chi connectivity index (χ4v) is 4.56. The van der Waals surface area contributed by atoms with Crippen LogP contribution in [0.15, 0.2) is 30.4 Å². The van der Waals surface area contributed by atoms with Gasteiger partial charge in [0.2, 0.25) is 17.7 Å². The first-order valence-corrected chi connectivity index (χ1v) is 9.96. The van der Waals surface area contributed by atoms with Crippen LogP contribution in [0.2, 0.25) is 0 Å². The molecule has 0 saturated carbocycles. The highest BCUT2D eigenvalue weighted by Crippen LogP contribution is 2.35. The molecule has 5 nitrogen and oxygen atoms in total. The van der Waals surface area contributed by atoms with Crippen molar-refractivity contribution in [3.05, 3.63) is 47.0 Å². The molecule has 5 heteroatoms. The summed E-state index contributed by atoms with van der Waals surface area (Å²) >= 11 is 0. The molecule has 1 N–H and O–H groups in total. The summed E-state index contributed by atoms with van der Waals surface area (Å²) in [6, 6.07) is 6.36. The summed E-state index contributed by atoms with van der Waals surface area (Å²) in [5.41, 5.74) is 3.91. The third-order valence-corrected chi connectivity index (χ3v) is 6.16. The van der Waals surface area contributed by atoms with Crippen molar-refractivity contribution in [2.75, 3.05) is 6.54 Å². The Bertz CT molecular complexity index is 788.